The van der Waals surface area contributed by atoms with Gasteiger partial charge in [0.2, 0.25) is 11.6 Å². The maximum atomic E-state index is 13.5. The van der Waals surface area contributed by atoms with Crippen molar-refractivity contribution in [3.8, 4) is 5.75 Å². The largest absolute Gasteiger partial charge is 0.497 e. The Morgan fingerprint density at radius 3 is 2.23 bits per heavy atom. The monoisotopic (exact) mass is 423 g/mol. The molecule has 7 heteroatoms. The maximum absolute atomic E-state index is 13.5. The number of rotatable bonds is 6. The van der Waals surface area contributed by atoms with Crippen molar-refractivity contribution in [3.63, 3.8) is 0 Å². The first-order valence-electron chi connectivity index (χ1n) is 10.1. The van der Waals surface area contributed by atoms with Gasteiger partial charge >= 0.3 is 11.9 Å². The van der Waals surface area contributed by atoms with Gasteiger partial charge in [0.15, 0.2) is 5.78 Å². The van der Waals surface area contributed by atoms with Crippen LogP contribution in [0.3, 0.4) is 0 Å². The van der Waals surface area contributed by atoms with E-state index < -0.39 is 35.0 Å². The second kappa shape index (κ2) is 7.41. The Hall–Kier alpha value is -3.35. The first-order chi connectivity index (χ1) is 14.7. The van der Waals surface area contributed by atoms with Crippen LogP contribution < -0.4 is 9.64 Å². The predicted molar refractivity (Wildman–Crippen MR) is 113 cm³/mol. The molecule has 0 spiro atoms. The Bertz CT molecular complexity index is 1020. The molecule has 0 aromatic heterocycles. The number of hydrogen-bond acceptors (Lipinski definition) is 7. The molecule has 2 saturated heterocycles. The number of ketones is 1. The predicted octanol–water partition coefficient (Wildman–Crippen LogP) is 3.08. The Morgan fingerprint density at radius 2 is 1.71 bits per heavy atom. The molecule has 2 aromatic carbocycles. The summed E-state index contributed by atoms with van der Waals surface area (Å²) in [5.41, 5.74) is -0.754. The summed E-state index contributed by atoms with van der Waals surface area (Å²) in [5.74, 6) is -1.04. The lowest BCUT2D eigenvalue weighted by atomic mass is 9.89. The van der Waals surface area contributed by atoms with E-state index >= 15 is 0 Å². The molecule has 0 N–H and O–H groups in total. The normalized spacial score (nSPS) is 26.2. The Labute approximate surface area is 180 Å². The minimum atomic E-state index is -1.56. The third-order valence-electron chi connectivity index (χ3n) is 6.02. The van der Waals surface area contributed by atoms with E-state index in [0.717, 1.165) is 5.56 Å². The van der Waals surface area contributed by atoms with Crippen LogP contribution >= 0.6 is 0 Å². The lowest BCUT2D eigenvalue weighted by molar-refractivity contribution is -0.166. The van der Waals surface area contributed by atoms with Gasteiger partial charge in [0.25, 0.3) is 0 Å². The van der Waals surface area contributed by atoms with Gasteiger partial charge in [-0.15, -0.1) is 0 Å². The SMILES string of the molecule is COc1ccc(N2[C@H](c3ccccc3)[C@]2(C(C)=O)C(=O)O[C@H]2C(=O)OCC2(C)C)cc1. The molecule has 31 heavy (non-hydrogen) atoms. The van der Waals surface area contributed by atoms with Crippen molar-refractivity contribution in [2.45, 2.75) is 38.5 Å². The fourth-order valence-electron chi connectivity index (χ4n) is 4.26. The minimum Gasteiger partial charge on any atom is -0.497 e. The van der Waals surface area contributed by atoms with Gasteiger partial charge < -0.3 is 19.1 Å². The molecule has 7 nitrogen and oxygen atoms in total. The van der Waals surface area contributed by atoms with Crippen LogP contribution in [0.2, 0.25) is 0 Å². The molecule has 4 rings (SSSR count). The number of hydrogen-bond donors (Lipinski definition) is 0. The number of methoxy groups -OCH3 is 1. The van der Waals surface area contributed by atoms with Crippen LogP contribution in [0.1, 0.15) is 32.4 Å². The molecule has 2 aliphatic rings. The van der Waals surface area contributed by atoms with E-state index in [1.807, 2.05) is 30.3 Å². The summed E-state index contributed by atoms with van der Waals surface area (Å²) in [6.45, 7) is 5.11. The molecule has 0 saturated carbocycles. The van der Waals surface area contributed by atoms with Crippen molar-refractivity contribution in [2.75, 3.05) is 18.6 Å². The van der Waals surface area contributed by atoms with Crippen LogP contribution in [0, 0.1) is 5.41 Å². The van der Waals surface area contributed by atoms with Gasteiger partial charge in [-0.2, -0.15) is 0 Å². The highest BCUT2D eigenvalue weighted by molar-refractivity contribution is 6.18. The lowest BCUT2D eigenvalue weighted by Gasteiger charge is -2.24. The zero-order chi connectivity index (χ0) is 22.4. The van der Waals surface area contributed by atoms with E-state index in [0.29, 0.717) is 11.4 Å². The molecule has 2 fully saturated rings. The second-order valence-corrected chi connectivity index (χ2v) is 8.59. The lowest BCUT2D eigenvalue weighted by Crippen LogP contribution is -2.44. The second-order valence-electron chi connectivity index (χ2n) is 8.59. The van der Waals surface area contributed by atoms with Crippen molar-refractivity contribution in [1.29, 1.82) is 0 Å². The molecule has 0 amide bonds. The van der Waals surface area contributed by atoms with E-state index in [9.17, 15) is 14.4 Å². The van der Waals surface area contributed by atoms with Gasteiger partial charge in [-0.05, 0) is 36.8 Å². The molecule has 162 valence electrons. The number of carbonyl (C=O) groups is 3. The molecular weight excluding hydrogens is 398 g/mol. The molecule has 0 radical (unpaired) electrons. The summed E-state index contributed by atoms with van der Waals surface area (Å²) in [5, 5.41) is 0. The number of carbonyl (C=O) groups excluding carboxylic acids is 3. The molecule has 0 aliphatic carbocycles. The van der Waals surface area contributed by atoms with Gasteiger partial charge in [0, 0.05) is 11.1 Å². The maximum Gasteiger partial charge on any atom is 0.348 e. The fraction of sp³-hybridized carbons (Fsp3) is 0.375. The van der Waals surface area contributed by atoms with E-state index in [-0.39, 0.29) is 12.4 Å². The topological polar surface area (TPSA) is 81.9 Å². The first-order valence-corrected chi connectivity index (χ1v) is 10.1. The van der Waals surface area contributed by atoms with Crippen molar-refractivity contribution in [3.05, 3.63) is 60.2 Å². The van der Waals surface area contributed by atoms with Gasteiger partial charge in [-0.1, -0.05) is 44.2 Å². The van der Waals surface area contributed by atoms with Gasteiger partial charge in [-0.3, -0.25) is 4.79 Å². The quantitative estimate of drug-likeness (QED) is 0.401. The van der Waals surface area contributed by atoms with Gasteiger partial charge in [0.1, 0.15) is 12.4 Å². The van der Waals surface area contributed by atoms with E-state index in [1.165, 1.54) is 6.92 Å². The van der Waals surface area contributed by atoms with Crippen LogP contribution in [0.15, 0.2) is 54.6 Å². The number of cyclic esters (lactones) is 1. The first kappa shape index (κ1) is 20.9. The number of nitrogens with zero attached hydrogens (tertiary/aromatic N) is 1. The van der Waals surface area contributed by atoms with Gasteiger partial charge in [-0.25, -0.2) is 9.59 Å². The minimum absolute atomic E-state index is 0.154. The van der Waals surface area contributed by atoms with Crippen molar-refractivity contribution in [2.24, 2.45) is 5.41 Å². The summed E-state index contributed by atoms with van der Waals surface area (Å²) in [4.78, 5) is 40.5. The number of ether oxygens (including phenoxy) is 3. The van der Waals surface area contributed by atoms with Crippen LogP contribution in [-0.2, 0) is 23.9 Å². The Morgan fingerprint density at radius 1 is 1.06 bits per heavy atom. The standard InChI is InChI=1S/C24H25NO6/c1-15(26)24(22(28)31-20-21(27)30-14-23(20,2)3)19(16-8-6-5-7-9-16)25(24)17-10-12-18(29-4)13-11-17/h5-13,19-20H,14H2,1-4H3/t19-,20+,24-,25?/m1/s1. The van der Waals surface area contributed by atoms with Crippen molar-refractivity contribution >= 4 is 23.4 Å². The summed E-state index contributed by atoms with van der Waals surface area (Å²) in [6, 6.07) is 15.9. The number of benzene rings is 2. The summed E-state index contributed by atoms with van der Waals surface area (Å²) in [6.07, 6.45) is -1.06. The number of Topliss-reactive ketones (excluding diaryl/α,β-unsaturated/α-hetero) is 1. The Kier molecular flexibility index (Phi) is 5.00. The van der Waals surface area contributed by atoms with Crippen LogP contribution in [-0.4, -0.2) is 43.1 Å². The summed E-state index contributed by atoms with van der Waals surface area (Å²) >= 11 is 0. The molecule has 2 aliphatic heterocycles. The highest BCUT2D eigenvalue weighted by Crippen LogP contribution is 2.57. The van der Waals surface area contributed by atoms with Crippen LogP contribution in [0.5, 0.6) is 5.75 Å². The van der Waals surface area contributed by atoms with Crippen molar-refractivity contribution < 1.29 is 28.6 Å². The number of esters is 2. The van der Waals surface area contributed by atoms with Gasteiger partial charge in [0.05, 0.1) is 13.2 Å². The molecular formula is C24H25NO6. The van der Waals surface area contributed by atoms with Crippen LogP contribution in [0.4, 0.5) is 5.69 Å². The zero-order valence-electron chi connectivity index (χ0n) is 18.0. The Balaban J connectivity index is 1.75. The summed E-state index contributed by atoms with van der Waals surface area (Å²) in [7, 11) is 1.57. The van der Waals surface area contributed by atoms with E-state index in [4.69, 9.17) is 14.2 Å². The average Bonchev–Trinajstić information content (AvgIpc) is 3.41. The third-order valence-corrected chi connectivity index (χ3v) is 6.02. The van der Waals surface area contributed by atoms with Crippen LogP contribution in [0.25, 0.3) is 0 Å². The summed E-state index contributed by atoms with van der Waals surface area (Å²) < 4.78 is 16.0. The third kappa shape index (κ3) is 3.24. The molecule has 2 heterocycles. The molecule has 2 aromatic rings. The molecule has 0 bridgehead atoms. The highest BCUT2D eigenvalue weighted by atomic mass is 16.6. The van der Waals surface area contributed by atoms with E-state index in [1.54, 1.807) is 50.1 Å². The average molecular weight is 423 g/mol. The molecule has 0 unspecified atom stereocenters. The number of anilines is 1. The highest BCUT2D eigenvalue weighted by Gasteiger charge is 2.74. The van der Waals surface area contributed by atoms with E-state index in [2.05, 4.69) is 0 Å². The van der Waals surface area contributed by atoms with Crippen molar-refractivity contribution in [1.82, 2.24) is 0 Å². The smallest absolute Gasteiger partial charge is 0.348 e. The fourth-order valence-corrected chi connectivity index (χ4v) is 4.26. The molecule has 3 atom stereocenters. The zero-order valence-corrected chi connectivity index (χ0v) is 18.0.